The van der Waals surface area contributed by atoms with Crippen LogP contribution in [-0.4, -0.2) is 25.4 Å². The SMILES string of the molecule is O=C(O)c1c(-c2ccccc2)nc2scc(-c3ccc([N+](=O)[O-])cc3)n12. The minimum atomic E-state index is -1.09. The summed E-state index contributed by atoms with van der Waals surface area (Å²) in [5, 5.41) is 22.4. The van der Waals surface area contributed by atoms with Gasteiger partial charge < -0.3 is 5.11 Å². The second kappa shape index (κ2) is 6.08. The average molecular weight is 365 g/mol. The molecule has 128 valence electrons. The summed E-state index contributed by atoms with van der Waals surface area (Å²) in [4.78, 5) is 27.3. The predicted molar refractivity (Wildman–Crippen MR) is 97.6 cm³/mol. The van der Waals surface area contributed by atoms with Crippen molar-refractivity contribution in [1.82, 2.24) is 9.38 Å². The lowest BCUT2D eigenvalue weighted by atomic mass is 10.1. The monoisotopic (exact) mass is 365 g/mol. The van der Waals surface area contributed by atoms with Crippen molar-refractivity contribution in [2.45, 2.75) is 0 Å². The van der Waals surface area contributed by atoms with Crippen LogP contribution in [0.15, 0.2) is 60.0 Å². The highest BCUT2D eigenvalue weighted by Gasteiger charge is 2.23. The number of carbonyl (C=O) groups is 1. The molecule has 1 N–H and O–H groups in total. The van der Waals surface area contributed by atoms with Crippen LogP contribution in [0.1, 0.15) is 10.5 Å². The number of nitro benzene ring substituents is 1. The number of imidazole rings is 1. The summed E-state index contributed by atoms with van der Waals surface area (Å²) >= 11 is 1.32. The number of rotatable bonds is 4. The summed E-state index contributed by atoms with van der Waals surface area (Å²) in [6, 6.07) is 15.1. The summed E-state index contributed by atoms with van der Waals surface area (Å²) in [6.07, 6.45) is 0. The number of nitro groups is 1. The van der Waals surface area contributed by atoms with Crippen molar-refractivity contribution in [3.63, 3.8) is 0 Å². The van der Waals surface area contributed by atoms with E-state index in [9.17, 15) is 20.0 Å². The lowest BCUT2D eigenvalue weighted by Crippen LogP contribution is -2.04. The summed E-state index contributed by atoms with van der Waals surface area (Å²) in [5.74, 6) is -1.09. The molecule has 0 fully saturated rings. The lowest BCUT2D eigenvalue weighted by Gasteiger charge is -2.04. The third kappa shape index (κ3) is 2.52. The van der Waals surface area contributed by atoms with Crippen LogP contribution in [0.4, 0.5) is 5.69 Å². The molecule has 0 saturated carbocycles. The molecule has 7 nitrogen and oxygen atoms in total. The first-order valence-corrected chi connectivity index (χ1v) is 8.47. The van der Waals surface area contributed by atoms with E-state index in [1.807, 2.05) is 30.3 Å². The molecular weight excluding hydrogens is 354 g/mol. The van der Waals surface area contributed by atoms with Crippen molar-refractivity contribution >= 4 is 28.0 Å². The Morgan fingerprint density at radius 2 is 1.77 bits per heavy atom. The summed E-state index contributed by atoms with van der Waals surface area (Å²) in [6.45, 7) is 0. The maximum Gasteiger partial charge on any atom is 0.355 e. The second-order valence-electron chi connectivity index (χ2n) is 5.52. The standard InChI is InChI=1S/C18H11N3O4S/c22-17(23)16-15(12-4-2-1-3-5-12)19-18-20(16)14(10-26-18)11-6-8-13(9-7-11)21(24)25/h1-10H,(H,22,23). The van der Waals surface area contributed by atoms with Gasteiger partial charge >= 0.3 is 5.97 Å². The van der Waals surface area contributed by atoms with E-state index in [2.05, 4.69) is 4.98 Å². The number of hydrogen-bond donors (Lipinski definition) is 1. The molecule has 4 aromatic rings. The number of hydrogen-bond acceptors (Lipinski definition) is 5. The van der Waals surface area contributed by atoms with Crippen molar-refractivity contribution in [1.29, 1.82) is 0 Å². The molecule has 4 rings (SSSR count). The summed E-state index contributed by atoms with van der Waals surface area (Å²) in [7, 11) is 0. The molecule has 0 radical (unpaired) electrons. The first-order chi connectivity index (χ1) is 12.6. The van der Waals surface area contributed by atoms with E-state index in [0.717, 1.165) is 5.56 Å². The molecule has 0 amide bonds. The number of nitrogens with zero attached hydrogens (tertiary/aromatic N) is 3. The van der Waals surface area contributed by atoms with Gasteiger partial charge in [-0.2, -0.15) is 0 Å². The van der Waals surface area contributed by atoms with Gasteiger partial charge in [0, 0.05) is 23.1 Å². The Labute approximate surface area is 150 Å². The van der Waals surface area contributed by atoms with Crippen molar-refractivity contribution < 1.29 is 14.8 Å². The van der Waals surface area contributed by atoms with Gasteiger partial charge in [-0.05, 0) is 17.7 Å². The van der Waals surface area contributed by atoms with Crippen LogP contribution in [0.25, 0.3) is 27.5 Å². The molecule has 0 aliphatic rings. The third-order valence-electron chi connectivity index (χ3n) is 3.99. The quantitative estimate of drug-likeness (QED) is 0.429. The molecule has 26 heavy (non-hydrogen) atoms. The number of benzene rings is 2. The minimum Gasteiger partial charge on any atom is -0.476 e. The molecule has 2 aromatic carbocycles. The van der Waals surface area contributed by atoms with Crippen molar-refractivity contribution in [3.8, 4) is 22.5 Å². The van der Waals surface area contributed by atoms with Gasteiger partial charge in [-0.3, -0.25) is 14.5 Å². The fraction of sp³-hybridized carbons (Fsp3) is 0. The first kappa shape index (κ1) is 16.0. The van der Waals surface area contributed by atoms with E-state index < -0.39 is 10.9 Å². The topological polar surface area (TPSA) is 97.7 Å². The summed E-state index contributed by atoms with van der Waals surface area (Å²) in [5.41, 5.74) is 2.48. The van der Waals surface area contributed by atoms with E-state index in [0.29, 0.717) is 21.9 Å². The van der Waals surface area contributed by atoms with E-state index in [1.54, 1.807) is 21.9 Å². The number of thiazole rings is 1. The Hall–Kier alpha value is -3.52. The number of non-ortho nitro benzene ring substituents is 1. The molecule has 0 atom stereocenters. The van der Waals surface area contributed by atoms with E-state index in [1.165, 1.54) is 23.5 Å². The predicted octanol–water partition coefficient (Wildman–Crippen LogP) is 4.34. The fourth-order valence-corrected chi connectivity index (χ4v) is 3.71. The number of carboxylic acid groups (broad SMARTS) is 1. The zero-order valence-electron chi connectivity index (χ0n) is 13.2. The van der Waals surface area contributed by atoms with Crippen LogP contribution >= 0.6 is 11.3 Å². The van der Waals surface area contributed by atoms with Gasteiger partial charge in [0.05, 0.1) is 10.6 Å². The van der Waals surface area contributed by atoms with Crippen molar-refractivity contribution in [2.75, 3.05) is 0 Å². The molecular formula is C18H11N3O4S. The minimum absolute atomic E-state index is 0.0192. The van der Waals surface area contributed by atoms with Crippen LogP contribution in [0, 0.1) is 10.1 Å². The van der Waals surface area contributed by atoms with Crippen LogP contribution < -0.4 is 0 Å². The van der Waals surface area contributed by atoms with Crippen molar-refractivity contribution in [3.05, 3.63) is 75.8 Å². The maximum atomic E-state index is 11.9. The Kier molecular flexibility index (Phi) is 3.74. The van der Waals surface area contributed by atoms with Gasteiger partial charge in [-0.25, -0.2) is 9.78 Å². The smallest absolute Gasteiger partial charge is 0.355 e. The Morgan fingerprint density at radius 1 is 1.08 bits per heavy atom. The lowest BCUT2D eigenvalue weighted by molar-refractivity contribution is -0.384. The molecule has 0 aliphatic carbocycles. The van der Waals surface area contributed by atoms with E-state index in [-0.39, 0.29) is 11.4 Å². The van der Waals surface area contributed by atoms with Crippen LogP contribution in [0.2, 0.25) is 0 Å². The number of carboxylic acids is 1. The van der Waals surface area contributed by atoms with Gasteiger partial charge in [0.1, 0.15) is 5.69 Å². The zero-order chi connectivity index (χ0) is 18.3. The summed E-state index contributed by atoms with van der Waals surface area (Å²) < 4.78 is 1.58. The van der Waals surface area contributed by atoms with Gasteiger partial charge in [0.2, 0.25) is 0 Å². The Bertz CT molecular complexity index is 1130. The van der Waals surface area contributed by atoms with Gasteiger partial charge in [-0.15, -0.1) is 11.3 Å². The fourth-order valence-electron chi connectivity index (χ4n) is 2.81. The largest absolute Gasteiger partial charge is 0.476 e. The zero-order valence-corrected chi connectivity index (χ0v) is 14.0. The van der Waals surface area contributed by atoms with E-state index in [4.69, 9.17) is 0 Å². The number of fused-ring (bicyclic) bond motifs is 1. The second-order valence-corrected chi connectivity index (χ2v) is 6.36. The van der Waals surface area contributed by atoms with Crippen molar-refractivity contribution in [2.24, 2.45) is 0 Å². The number of aromatic carboxylic acids is 1. The Morgan fingerprint density at radius 3 is 2.38 bits per heavy atom. The molecule has 0 aliphatic heterocycles. The van der Waals surface area contributed by atoms with Crippen LogP contribution in [0.3, 0.4) is 0 Å². The first-order valence-electron chi connectivity index (χ1n) is 7.60. The molecule has 2 heterocycles. The molecule has 8 heteroatoms. The Balaban J connectivity index is 1.94. The highest BCUT2D eigenvalue weighted by atomic mass is 32.1. The highest BCUT2D eigenvalue weighted by Crippen LogP contribution is 2.33. The molecule has 0 spiro atoms. The van der Waals surface area contributed by atoms with Gasteiger partial charge in [0.15, 0.2) is 10.7 Å². The molecule has 0 saturated heterocycles. The highest BCUT2D eigenvalue weighted by molar-refractivity contribution is 7.15. The van der Waals surface area contributed by atoms with Crippen LogP contribution in [0.5, 0.6) is 0 Å². The molecule has 2 aromatic heterocycles. The van der Waals surface area contributed by atoms with Gasteiger partial charge in [-0.1, -0.05) is 30.3 Å². The van der Waals surface area contributed by atoms with Gasteiger partial charge in [0.25, 0.3) is 5.69 Å². The number of aromatic nitrogens is 2. The molecule has 0 bridgehead atoms. The average Bonchev–Trinajstić information content (AvgIpc) is 3.21. The van der Waals surface area contributed by atoms with E-state index >= 15 is 0 Å². The molecule has 0 unspecified atom stereocenters. The third-order valence-corrected chi connectivity index (χ3v) is 4.81. The van der Waals surface area contributed by atoms with Crippen LogP contribution in [-0.2, 0) is 0 Å². The maximum absolute atomic E-state index is 11.9. The normalized spacial score (nSPS) is 10.9.